The van der Waals surface area contributed by atoms with E-state index >= 15 is 0 Å². The Hall–Kier alpha value is -1.45. The molecule has 24 heavy (non-hydrogen) atoms. The molecule has 2 unspecified atom stereocenters. The van der Waals surface area contributed by atoms with Crippen LogP contribution in [0.2, 0.25) is 0 Å². The molecule has 1 aliphatic heterocycles. The van der Waals surface area contributed by atoms with E-state index in [0.717, 1.165) is 24.2 Å². The molecule has 1 aromatic heterocycles. The molecule has 1 N–H and O–H groups in total. The van der Waals surface area contributed by atoms with Gasteiger partial charge in [0.1, 0.15) is 10.3 Å². The van der Waals surface area contributed by atoms with E-state index in [0.29, 0.717) is 13.0 Å². The van der Waals surface area contributed by atoms with Crippen molar-refractivity contribution in [2.75, 3.05) is 13.2 Å². The van der Waals surface area contributed by atoms with Crippen molar-refractivity contribution in [2.24, 2.45) is 0 Å². The molecule has 2 atom stereocenters. The number of likely N-dealkylation sites (tertiary alicyclic amines) is 1. The molecule has 0 saturated carbocycles. The fourth-order valence-electron chi connectivity index (χ4n) is 2.69. The number of ether oxygens (including phenoxy) is 1. The lowest BCUT2D eigenvalue weighted by atomic mass is 10.0. The number of sulfonamides is 1. The van der Waals surface area contributed by atoms with Crippen LogP contribution in [-0.4, -0.2) is 50.4 Å². The number of rotatable bonds is 6. The topological polar surface area (TPSA) is 92.8 Å². The number of nitrogens with zero attached hydrogens (tertiary/aromatic N) is 1. The summed E-state index contributed by atoms with van der Waals surface area (Å²) in [6.07, 6.45) is 2.16. The standard InChI is InChI=1S/C15H22N2O5S2/c1-3-22-15(19)12-7-4-5-9-17(12)14(18)11(2)16-24(20,21)13-8-6-10-23-13/h6,8,10-12,16H,3-5,7,9H2,1-2H3. The monoisotopic (exact) mass is 374 g/mol. The minimum absolute atomic E-state index is 0.155. The van der Waals surface area contributed by atoms with Crippen LogP contribution >= 0.6 is 11.3 Å². The maximum absolute atomic E-state index is 12.7. The van der Waals surface area contributed by atoms with Crippen LogP contribution in [0, 0.1) is 0 Å². The minimum Gasteiger partial charge on any atom is -0.464 e. The number of hydrogen-bond acceptors (Lipinski definition) is 6. The van der Waals surface area contributed by atoms with E-state index in [2.05, 4.69) is 4.72 Å². The van der Waals surface area contributed by atoms with Crippen LogP contribution in [-0.2, 0) is 24.3 Å². The second-order valence-electron chi connectivity index (χ2n) is 5.57. The lowest BCUT2D eigenvalue weighted by Gasteiger charge is -2.35. The van der Waals surface area contributed by atoms with Gasteiger partial charge >= 0.3 is 5.97 Å². The largest absolute Gasteiger partial charge is 0.464 e. The Morgan fingerprint density at radius 3 is 2.83 bits per heavy atom. The van der Waals surface area contributed by atoms with E-state index in [-0.39, 0.29) is 10.8 Å². The van der Waals surface area contributed by atoms with Crippen LogP contribution in [0.3, 0.4) is 0 Å². The summed E-state index contributed by atoms with van der Waals surface area (Å²) in [7, 11) is -3.74. The zero-order chi connectivity index (χ0) is 17.7. The number of amides is 1. The first kappa shape index (κ1) is 18.9. The lowest BCUT2D eigenvalue weighted by molar-refractivity contribution is -0.157. The van der Waals surface area contributed by atoms with Crippen molar-refractivity contribution in [1.29, 1.82) is 0 Å². The van der Waals surface area contributed by atoms with E-state index in [1.54, 1.807) is 18.4 Å². The summed E-state index contributed by atoms with van der Waals surface area (Å²) >= 11 is 1.08. The number of piperidine rings is 1. The first-order valence-electron chi connectivity index (χ1n) is 7.89. The number of hydrogen-bond donors (Lipinski definition) is 1. The second-order valence-corrected chi connectivity index (χ2v) is 8.46. The SMILES string of the molecule is CCOC(=O)C1CCCCN1C(=O)C(C)NS(=O)(=O)c1cccs1. The molecule has 9 heteroatoms. The first-order valence-corrected chi connectivity index (χ1v) is 10.3. The molecule has 7 nitrogen and oxygen atoms in total. The Balaban J connectivity index is 2.09. The van der Waals surface area contributed by atoms with Crippen LogP contribution < -0.4 is 4.72 Å². The van der Waals surface area contributed by atoms with E-state index < -0.39 is 34.0 Å². The molecule has 0 spiro atoms. The van der Waals surface area contributed by atoms with Crippen LogP contribution in [0.5, 0.6) is 0 Å². The van der Waals surface area contributed by atoms with Crippen molar-refractivity contribution in [1.82, 2.24) is 9.62 Å². The molecule has 134 valence electrons. The number of thiophene rings is 1. The third kappa shape index (κ3) is 4.34. The Labute approximate surface area is 146 Å². The van der Waals surface area contributed by atoms with Crippen LogP contribution in [0.15, 0.2) is 21.7 Å². The molecule has 0 aliphatic carbocycles. The smallest absolute Gasteiger partial charge is 0.328 e. The summed E-state index contributed by atoms with van der Waals surface area (Å²) in [5.41, 5.74) is 0. The van der Waals surface area contributed by atoms with Crippen molar-refractivity contribution < 1.29 is 22.7 Å². The molecule has 0 aromatic carbocycles. The molecule has 0 radical (unpaired) electrons. The van der Waals surface area contributed by atoms with Gasteiger partial charge in [-0.05, 0) is 44.6 Å². The lowest BCUT2D eigenvalue weighted by Crippen LogP contribution is -2.54. The summed E-state index contributed by atoms with van der Waals surface area (Å²) in [5.74, 6) is -0.841. The summed E-state index contributed by atoms with van der Waals surface area (Å²) < 4.78 is 32.1. The zero-order valence-electron chi connectivity index (χ0n) is 13.7. The van der Waals surface area contributed by atoms with Crippen molar-refractivity contribution in [3.05, 3.63) is 17.5 Å². The average Bonchev–Trinajstić information content (AvgIpc) is 3.09. The maximum atomic E-state index is 12.7. The highest BCUT2D eigenvalue weighted by atomic mass is 32.2. The molecular weight excluding hydrogens is 352 g/mol. The molecule has 2 heterocycles. The Morgan fingerprint density at radius 1 is 1.46 bits per heavy atom. The van der Waals surface area contributed by atoms with Gasteiger partial charge in [-0.1, -0.05) is 6.07 Å². The summed E-state index contributed by atoms with van der Waals surface area (Å²) in [6, 6.07) is 1.52. The van der Waals surface area contributed by atoms with Gasteiger partial charge in [0.05, 0.1) is 12.6 Å². The highest BCUT2D eigenvalue weighted by Gasteiger charge is 2.36. The minimum atomic E-state index is -3.74. The van der Waals surface area contributed by atoms with Gasteiger partial charge in [-0.15, -0.1) is 11.3 Å². The van der Waals surface area contributed by atoms with Gasteiger partial charge < -0.3 is 9.64 Å². The summed E-state index contributed by atoms with van der Waals surface area (Å²) in [6.45, 7) is 3.88. The van der Waals surface area contributed by atoms with Gasteiger partial charge in [0, 0.05) is 6.54 Å². The van der Waals surface area contributed by atoms with Crippen molar-refractivity contribution in [2.45, 2.75) is 49.4 Å². The van der Waals surface area contributed by atoms with Crippen LogP contribution in [0.4, 0.5) is 0 Å². The Morgan fingerprint density at radius 2 is 2.21 bits per heavy atom. The molecule has 1 saturated heterocycles. The van der Waals surface area contributed by atoms with Crippen LogP contribution in [0.25, 0.3) is 0 Å². The van der Waals surface area contributed by atoms with Crippen molar-refractivity contribution in [3.8, 4) is 0 Å². The Kier molecular flexibility index (Phi) is 6.36. The van der Waals surface area contributed by atoms with E-state index in [1.165, 1.54) is 17.9 Å². The predicted octanol–water partition coefficient (Wildman–Crippen LogP) is 1.36. The third-order valence-corrected chi connectivity index (χ3v) is 6.75. The molecule has 1 amide bonds. The molecule has 2 rings (SSSR count). The van der Waals surface area contributed by atoms with Crippen molar-refractivity contribution >= 4 is 33.2 Å². The van der Waals surface area contributed by atoms with Crippen molar-refractivity contribution in [3.63, 3.8) is 0 Å². The van der Waals surface area contributed by atoms with E-state index in [1.807, 2.05) is 0 Å². The fourth-order valence-corrected chi connectivity index (χ4v) is 4.89. The molecule has 1 aromatic rings. The summed E-state index contributed by atoms with van der Waals surface area (Å²) in [4.78, 5) is 26.1. The van der Waals surface area contributed by atoms with E-state index in [4.69, 9.17) is 4.74 Å². The number of nitrogens with one attached hydrogen (secondary N) is 1. The first-order chi connectivity index (χ1) is 11.4. The number of carbonyl (C=O) groups is 2. The van der Waals surface area contributed by atoms with Gasteiger partial charge in [-0.3, -0.25) is 4.79 Å². The highest BCUT2D eigenvalue weighted by Crippen LogP contribution is 2.20. The highest BCUT2D eigenvalue weighted by molar-refractivity contribution is 7.91. The molecule has 0 bridgehead atoms. The summed E-state index contributed by atoms with van der Waals surface area (Å²) in [5, 5.41) is 1.66. The third-order valence-electron chi connectivity index (χ3n) is 3.81. The predicted molar refractivity (Wildman–Crippen MR) is 90.1 cm³/mol. The maximum Gasteiger partial charge on any atom is 0.328 e. The van der Waals surface area contributed by atoms with E-state index in [9.17, 15) is 18.0 Å². The van der Waals surface area contributed by atoms with Gasteiger partial charge in [-0.25, -0.2) is 13.2 Å². The number of esters is 1. The Bertz CT molecular complexity index is 672. The zero-order valence-corrected chi connectivity index (χ0v) is 15.4. The van der Waals surface area contributed by atoms with Gasteiger partial charge in [0.2, 0.25) is 5.91 Å². The quantitative estimate of drug-likeness (QED) is 0.759. The van der Waals surface area contributed by atoms with Gasteiger partial charge in [0.15, 0.2) is 0 Å². The normalized spacial score (nSPS) is 19.8. The van der Waals surface area contributed by atoms with Gasteiger partial charge in [0.25, 0.3) is 10.0 Å². The second kappa shape index (κ2) is 8.09. The molecule has 1 aliphatic rings. The van der Waals surface area contributed by atoms with Gasteiger partial charge in [-0.2, -0.15) is 4.72 Å². The van der Waals surface area contributed by atoms with Crippen LogP contribution in [0.1, 0.15) is 33.1 Å². The molecular formula is C15H22N2O5S2. The fraction of sp³-hybridized carbons (Fsp3) is 0.600. The number of carbonyl (C=O) groups excluding carboxylic acids is 2. The molecule has 1 fully saturated rings. The average molecular weight is 374 g/mol.